The van der Waals surface area contributed by atoms with Crippen molar-refractivity contribution >= 4 is 33.7 Å². The Hall–Kier alpha value is -3.41. The predicted octanol–water partition coefficient (Wildman–Crippen LogP) is 3.17. The van der Waals surface area contributed by atoms with Crippen molar-refractivity contribution in [2.75, 3.05) is 12.8 Å². The van der Waals surface area contributed by atoms with Gasteiger partial charge >= 0.3 is 0 Å². The average molecular weight is 332 g/mol. The molecule has 0 saturated carbocycles. The van der Waals surface area contributed by atoms with Crippen molar-refractivity contribution in [3.63, 3.8) is 0 Å². The third kappa shape index (κ3) is 2.48. The van der Waals surface area contributed by atoms with Crippen LogP contribution in [0.4, 0.5) is 5.82 Å². The van der Waals surface area contributed by atoms with Crippen LogP contribution in [0.15, 0.2) is 48.5 Å². The number of aromatic nitrogens is 3. The zero-order chi connectivity index (χ0) is 17.6. The molecule has 2 aromatic carbocycles. The molecule has 0 aliphatic heterocycles. The summed E-state index contributed by atoms with van der Waals surface area (Å²) in [5.41, 5.74) is 8.85. The second-order valence-corrected chi connectivity index (χ2v) is 5.89. The first-order chi connectivity index (χ1) is 12.1. The summed E-state index contributed by atoms with van der Waals surface area (Å²) in [7, 11) is 1.58. The van der Waals surface area contributed by atoms with Gasteiger partial charge in [-0.2, -0.15) is 4.68 Å². The van der Waals surface area contributed by atoms with Crippen LogP contribution in [-0.2, 0) is 0 Å². The lowest BCUT2D eigenvalue weighted by Crippen LogP contribution is -2.14. The summed E-state index contributed by atoms with van der Waals surface area (Å²) in [5, 5.41) is 5.83. The minimum Gasteiger partial charge on any atom is -0.497 e. The molecule has 0 aliphatic carbocycles. The van der Waals surface area contributed by atoms with Crippen LogP contribution in [0.25, 0.3) is 21.9 Å². The number of hydrogen-bond acceptors (Lipinski definition) is 5. The van der Waals surface area contributed by atoms with E-state index in [1.54, 1.807) is 31.4 Å². The minimum absolute atomic E-state index is 0.284. The van der Waals surface area contributed by atoms with E-state index in [1.165, 1.54) is 4.68 Å². The monoisotopic (exact) mass is 332 g/mol. The van der Waals surface area contributed by atoms with Crippen molar-refractivity contribution in [3.8, 4) is 5.75 Å². The molecule has 25 heavy (non-hydrogen) atoms. The van der Waals surface area contributed by atoms with Crippen molar-refractivity contribution in [2.45, 2.75) is 6.92 Å². The van der Waals surface area contributed by atoms with E-state index < -0.39 is 0 Å². The number of hydrogen-bond donors (Lipinski definition) is 1. The van der Waals surface area contributed by atoms with Crippen LogP contribution >= 0.6 is 0 Å². The number of pyridine rings is 1. The summed E-state index contributed by atoms with van der Waals surface area (Å²) in [6, 6.07) is 14.7. The quantitative estimate of drug-likeness (QED) is 0.609. The number of nitrogen functional groups attached to an aromatic ring is 1. The Labute approximate surface area is 143 Å². The highest BCUT2D eigenvalue weighted by molar-refractivity contribution is 6.05. The molecule has 0 aliphatic rings. The van der Waals surface area contributed by atoms with Crippen LogP contribution in [0.3, 0.4) is 0 Å². The van der Waals surface area contributed by atoms with Crippen LogP contribution in [0, 0.1) is 6.92 Å². The molecule has 6 heteroatoms. The summed E-state index contributed by atoms with van der Waals surface area (Å²) in [4.78, 5) is 17.5. The third-order valence-corrected chi connectivity index (χ3v) is 4.17. The Morgan fingerprint density at radius 2 is 1.88 bits per heavy atom. The predicted molar refractivity (Wildman–Crippen MR) is 96.9 cm³/mol. The number of benzene rings is 2. The molecule has 4 aromatic rings. The molecule has 2 heterocycles. The third-order valence-electron chi connectivity index (χ3n) is 4.17. The van der Waals surface area contributed by atoms with Crippen molar-refractivity contribution in [1.29, 1.82) is 0 Å². The van der Waals surface area contributed by atoms with E-state index >= 15 is 0 Å². The molecule has 0 unspecified atom stereocenters. The van der Waals surface area contributed by atoms with Crippen LogP contribution in [-0.4, -0.2) is 27.8 Å². The van der Waals surface area contributed by atoms with Crippen molar-refractivity contribution in [2.24, 2.45) is 0 Å². The Kier molecular flexibility index (Phi) is 3.39. The largest absolute Gasteiger partial charge is 0.497 e. The molecule has 124 valence electrons. The number of nitrogens with two attached hydrogens (primary N) is 1. The molecule has 0 amide bonds. The van der Waals surface area contributed by atoms with Gasteiger partial charge < -0.3 is 10.5 Å². The Morgan fingerprint density at radius 1 is 1.12 bits per heavy atom. The second kappa shape index (κ2) is 5.59. The van der Waals surface area contributed by atoms with Crippen LogP contribution in [0.1, 0.15) is 15.9 Å². The van der Waals surface area contributed by atoms with E-state index in [4.69, 9.17) is 10.5 Å². The fraction of sp³-hybridized carbons (Fsp3) is 0.105. The maximum Gasteiger partial charge on any atom is 0.280 e. The van der Waals surface area contributed by atoms with Gasteiger partial charge in [-0.1, -0.05) is 12.1 Å². The number of nitrogens with zero attached hydrogens (tertiary/aromatic N) is 3. The van der Waals surface area contributed by atoms with Gasteiger partial charge in [-0.05, 0) is 48.9 Å². The first-order valence-electron chi connectivity index (χ1n) is 7.81. The summed E-state index contributed by atoms with van der Waals surface area (Å²) in [5.74, 6) is 0.677. The van der Waals surface area contributed by atoms with Gasteiger partial charge in [0, 0.05) is 10.9 Å². The van der Waals surface area contributed by atoms with Crippen molar-refractivity contribution in [3.05, 3.63) is 59.7 Å². The normalized spacial score (nSPS) is 11.1. The van der Waals surface area contributed by atoms with E-state index in [0.717, 1.165) is 16.5 Å². The molecule has 2 N–H and O–H groups in total. The fourth-order valence-corrected chi connectivity index (χ4v) is 2.82. The lowest BCUT2D eigenvalue weighted by atomic mass is 10.1. The molecule has 2 aromatic heterocycles. The zero-order valence-electron chi connectivity index (χ0n) is 13.9. The van der Waals surface area contributed by atoms with Gasteiger partial charge in [0.2, 0.25) is 0 Å². The number of carbonyl (C=O) groups is 1. The maximum atomic E-state index is 12.8. The zero-order valence-corrected chi connectivity index (χ0v) is 13.9. The Bertz CT molecular complexity index is 1110. The summed E-state index contributed by atoms with van der Waals surface area (Å²) in [6.07, 6.45) is 0. The standard InChI is InChI=1S/C19H16N4O2/c1-11-3-4-13-10-15-17(20)22-23(18(15)21-16(13)9-11)19(24)12-5-7-14(25-2)8-6-12/h3-10H,1-2H3,(H2,20,22). The highest BCUT2D eigenvalue weighted by Crippen LogP contribution is 2.25. The van der Waals surface area contributed by atoms with Gasteiger partial charge in [-0.15, -0.1) is 5.10 Å². The van der Waals surface area contributed by atoms with Crippen molar-refractivity contribution in [1.82, 2.24) is 14.8 Å². The van der Waals surface area contributed by atoms with E-state index in [9.17, 15) is 4.79 Å². The van der Waals surface area contributed by atoms with E-state index in [1.807, 2.05) is 31.2 Å². The summed E-state index contributed by atoms with van der Waals surface area (Å²) >= 11 is 0. The van der Waals surface area contributed by atoms with Gasteiger partial charge in [0.25, 0.3) is 5.91 Å². The molecular formula is C19H16N4O2. The highest BCUT2D eigenvalue weighted by Gasteiger charge is 2.18. The Morgan fingerprint density at radius 3 is 2.60 bits per heavy atom. The SMILES string of the molecule is COc1ccc(C(=O)n2nc(N)c3cc4ccc(C)cc4nc32)cc1. The lowest BCUT2D eigenvalue weighted by Gasteiger charge is -2.04. The molecule has 4 rings (SSSR count). The second-order valence-electron chi connectivity index (χ2n) is 5.89. The van der Waals surface area contributed by atoms with Gasteiger partial charge in [0.05, 0.1) is 18.0 Å². The van der Waals surface area contributed by atoms with Gasteiger partial charge in [0.15, 0.2) is 11.5 Å². The van der Waals surface area contributed by atoms with Crippen LogP contribution in [0.2, 0.25) is 0 Å². The molecule has 0 radical (unpaired) electrons. The first-order valence-corrected chi connectivity index (χ1v) is 7.81. The molecule has 0 fully saturated rings. The van der Waals surface area contributed by atoms with E-state index in [0.29, 0.717) is 22.3 Å². The van der Waals surface area contributed by atoms with E-state index in [2.05, 4.69) is 10.1 Å². The number of rotatable bonds is 2. The average Bonchev–Trinajstić information content (AvgIpc) is 2.95. The maximum absolute atomic E-state index is 12.8. The van der Waals surface area contributed by atoms with E-state index in [-0.39, 0.29) is 11.7 Å². The Balaban J connectivity index is 1.89. The number of methoxy groups -OCH3 is 1. The van der Waals surface area contributed by atoms with Gasteiger partial charge in [-0.25, -0.2) is 4.98 Å². The molecular weight excluding hydrogens is 316 g/mol. The van der Waals surface area contributed by atoms with Gasteiger partial charge in [0.1, 0.15) is 5.75 Å². The lowest BCUT2D eigenvalue weighted by molar-refractivity contribution is 0.0950. The number of fused-ring (bicyclic) bond motifs is 2. The molecule has 0 saturated heterocycles. The van der Waals surface area contributed by atoms with Gasteiger partial charge in [-0.3, -0.25) is 4.79 Å². The topological polar surface area (TPSA) is 83.0 Å². The number of ether oxygens (including phenoxy) is 1. The van der Waals surface area contributed by atoms with Crippen LogP contribution in [0.5, 0.6) is 5.75 Å². The summed E-state index contributed by atoms with van der Waals surface area (Å²) in [6.45, 7) is 2.00. The summed E-state index contributed by atoms with van der Waals surface area (Å²) < 4.78 is 6.38. The number of anilines is 1. The fourth-order valence-electron chi connectivity index (χ4n) is 2.82. The minimum atomic E-state index is -0.288. The van der Waals surface area contributed by atoms with Crippen molar-refractivity contribution < 1.29 is 9.53 Å². The number of carbonyl (C=O) groups excluding carboxylic acids is 1. The number of aryl methyl sites for hydroxylation is 1. The molecule has 0 bridgehead atoms. The molecule has 0 spiro atoms. The smallest absolute Gasteiger partial charge is 0.280 e. The highest BCUT2D eigenvalue weighted by atomic mass is 16.5. The molecule has 0 atom stereocenters. The van der Waals surface area contributed by atoms with Crippen LogP contribution < -0.4 is 10.5 Å². The first kappa shape index (κ1) is 15.1. The molecule has 6 nitrogen and oxygen atoms in total.